The van der Waals surface area contributed by atoms with Crippen molar-refractivity contribution in [1.82, 2.24) is 4.57 Å². The van der Waals surface area contributed by atoms with Gasteiger partial charge in [-0.2, -0.15) is 43.2 Å². The van der Waals surface area contributed by atoms with Crippen molar-refractivity contribution in [2.24, 2.45) is 7.05 Å². The third kappa shape index (κ3) is 5.97. The Morgan fingerprint density at radius 1 is 1.00 bits per heavy atom. The van der Waals surface area contributed by atoms with Gasteiger partial charge in [0.15, 0.2) is 0 Å². The average Bonchev–Trinajstić information content (AvgIpc) is 3.16. The third-order valence-electron chi connectivity index (χ3n) is 4.26. The summed E-state index contributed by atoms with van der Waals surface area (Å²) >= 11 is 0. The molecule has 10 nitrogen and oxygen atoms in total. The number of benzene rings is 1. The van der Waals surface area contributed by atoms with Crippen LogP contribution in [-0.4, -0.2) is 54.3 Å². The summed E-state index contributed by atoms with van der Waals surface area (Å²) in [4.78, 5) is 12.7. The molecule has 0 unspecified atom stereocenters. The fraction of sp³-hybridized carbons (Fsp3) is 0.389. The highest BCUT2D eigenvalue weighted by molar-refractivity contribution is 7.98. The van der Waals surface area contributed by atoms with Gasteiger partial charge in [0.1, 0.15) is 19.0 Å². The molecule has 1 heterocycles. The van der Waals surface area contributed by atoms with Gasteiger partial charge < -0.3 is 9.47 Å². The Kier molecular flexibility index (Phi) is 8.44. The molecule has 0 bridgehead atoms. The van der Waals surface area contributed by atoms with E-state index in [9.17, 15) is 48.0 Å². The lowest BCUT2D eigenvalue weighted by atomic mass is 10.2. The first-order valence-electron chi connectivity index (χ1n) is 9.61. The van der Waals surface area contributed by atoms with Crippen LogP contribution < -0.4 is 4.57 Å². The minimum Gasteiger partial charge on any atom is -0.462 e. The molecule has 1 aromatic carbocycles. The predicted molar refractivity (Wildman–Crippen MR) is 108 cm³/mol. The van der Waals surface area contributed by atoms with E-state index in [2.05, 4.69) is 0 Å². The fourth-order valence-electron chi connectivity index (χ4n) is 2.71. The van der Waals surface area contributed by atoms with Gasteiger partial charge in [0.2, 0.25) is 6.33 Å². The second kappa shape index (κ2) is 10.5. The summed E-state index contributed by atoms with van der Waals surface area (Å²) in [5.74, 6) is -3.63. The van der Waals surface area contributed by atoms with E-state index in [-0.39, 0.29) is 5.56 Å². The number of sulfonamides is 2. The van der Waals surface area contributed by atoms with Crippen LogP contribution in [0, 0.1) is 0 Å². The van der Waals surface area contributed by atoms with Gasteiger partial charge >= 0.3 is 49.0 Å². The number of halogens is 6. The largest absolute Gasteiger partial charge is 0.561 e. The molecule has 0 saturated heterocycles. The van der Waals surface area contributed by atoms with Crippen molar-refractivity contribution < 1.29 is 65.4 Å². The standard InChI is InChI=1S/C18H19F6N3O7S2/c1-3-33-16(28)14(26-10-9-25(2)12-26)15(34-11-13-7-5-4-6-8-13)27(35(29,30)17(19,20)21)36(31,32)18(22,23)24/h4-10,12,14H,3,11H2,1-2H3/q+2/t14-/m1/s1. The van der Waals surface area contributed by atoms with Gasteiger partial charge in [-0.25, -0.2) is 13.9 Å². The van der Waals surface area contributed by atoms with E-state index in [1.165, 1.54) is 55.1 Å². The SMILES string of the molecule is CCOC(=O)[C@@H](C(OCc1ccccc1)=[N+](S(=O)(=O)C(F)(F)F)S(=O)(=O)C(F)(F)F)n1cc[n+](C)c1. The van der Waals surface area contributed by atoms with E-state index in [4.69, 9.17) is 9.47 Å². The number of esters is 1. The van der Waals surface area contributed by atoms with Gasteiger partial charge in [0.05, 0.1) is 17.0 Å². The number of hydrogen-bond donors (Lipinski definition) is 0. The molecule has 36 heavy (non-hydrogen) atoms. The number of nitrogens with zero attached hydrogens (tertiary/aromatic N) is 3. The molecule has 0 N–H and O–H groups in total. The van der Waals surface area contributed by atoms with Gasteiger partial charge in [-0.3, -0.25) is 0 Å². The van der Waals surface area contributed by atoms with Gasteiger partial charge in [-0.05, 0) is 12.5 Å². The summed E-state index contributed by atoms with van der Waals surface area (Å²) in [6.07, 6.45) is 3.08. The summed E-state index contributed by atoms with van der Waals surface area (Å²) in [5, 5.41) is 0. The molecule has 1 atom stereocenters. The minimum absolute atomic E-state index is 0.0874. The van der Waals surface area contributed by atoms with Crippen LogP contribution in [0.25, 0.3) is 0 Å². The molecule has 0 fully saturated rings. The molecule has 1 aromatic heterocycles. The van der Waals surface area contributed by atoms with Crippen molar-refractivity contribution in [3.63, 3.8) is 0 Å². The molecular weight excluding hydrogens is 548 g/mol. The quantitative estimate of drug-likeness (QED) is 0.157. The molecule has 0 aliphatic carbocycles. The Morgan fingerprint density at radius 2 is 1.53 bits per heavy atom. The first-order chi connectivity index (χ1) is 16.4. The normalized spacial score (nSPS) is 13.7. The lowest BCUT2D eigenvalue weighted by Gasteiger charge is -2.16. The number of aryl methyl sites for hydroxylation is 1. The highest BCUT2D eigenvalue weighted by atomic mass is 32.3. The topological polar surface area (TPSA) is 116 Å². The Morgan fingerprint density at radius 3 is 1.94 bits per heavy atom. The van der Waals surface area contributed by atoms with Crippen molar-refractivity contribution in [3.05, 3.63) is 54.6 Å². The predicted octanol–water partition coefficient (Wildman–Crippen LogP) is 1.74. The first-order valence-corrected chi connectivity index (χ1v) is 12.5. The van der Waals surface area contributed by atoms with E-state index in [1.54, 1.807) is 0 Å². The summed E-state index contributed by atoms with van der Waals surface area (Å²) in [6.45, 7) is -0.130. The molecule has 2 aromatic rings. The molecule has 0 radical (unpaired) electrons. The van der Waals surface area contributed by atoms with Crippen LogP contribution in [0.1, 0.15) is 18.5 Å². The summed E-state index contributed by atoms with van der Waals surface area (Å²) in [7, 11) is -13.3. The van der Waals surface area contributed by atoms with Crippen molar-refractivity contribution in [3.8, 4) is 0 Å². The number of hydrogen-bond acceptors (Lipinski definition) is 7. The smallest absolute Gasteiger partial charge is 0.462 e. The average molecular weight is 567 g/mol. The van der Waals surface area contributed by atoms with Crippen LogP contribution in [0.5, 0.6) is 0 Å². The maximum Gasteiger partial charge on any atom is 0.561 e. The van der Waals surface area contributed by atoms with Crippen molar-refractivity contribution in [2.75, 3.05) is 6.61 Å². The maximum atomic E-state index is 13.5. The van der Waals surface area contributed by atoms with Gasteiger partial charge in [0, 0.05) is 0 Å². The minimum atomic E-state index is -7.34. The van der Waals surface area contributed by atoms with E-state index in [0.29, 0.717) is 4.57 Å². The lowest BCUT2D eigenvalue weighted by Crippen LogP contribution is -2.49. The number of ether oxygens (including phenoxy) is 2. The van der Waals surface area contributed by atoms with Crippen LogP contribution in [0.2, 0.25) is 0 Å². The lowest BCUT2D eigenvalue weighted by molar-refractivity contribution is -0.671. The van der Waals surface area contributed by atoms with Gasteiger partial charge in [0.25, 0.3) is 0 Å². The second-order valence-electron chi connectivity index (χ2n) is 6.89. The van der Waals surface area contributed by atoms with Crippen molar-refractivity contribution in [1.29, 1.82) is 0 Å². The number of carbonyl (C=O) groups is 1. The van der Waals surface area contributed by atoms with Crippen molar-refractivity contribution >= 4 is 31.9 Å². The monoisotopic (exact) mass is 567 g/mol. The third-order valence-corrected chi connectivity index (χ3v) is 7.84. The molecular formula is C18H19F6N3O7S2+2. The number of carbonyl (C=O) groups excluding carboxylic acids is 1. The van der Waals surface area contributed by atoms with Crippen LogP contribution in [0.4, 0.5) is 26.3 Å². The van der Waals surface area contributed by atoms with Gasteiger partial charge in [-0.15, -0.1) is 0 Å². The molecule has 0 amide bonds. The molecule has 200 valence electrons. The van der Waals surface area contributed by atoms with Crippen molar-refractivity contribution in [2.45, 2.75) is 30.6 Å². The summed E-state index contributed by atoms with van der Waals surface area (Å²) < 4.78 is 140. The number of aromatic nitrogens is 2. The number of alkyl halides is 6. The molecule has 0 aliphatic rings. The summed E-state index contributed by atoms with van der Waals surface area (Å²) in [5.41, 5.74) is -13.0. The van der Waals surface area contributed by atoms with E-state index in [0.717, 1.165) is 12.5 Å². The molecule has 0 aliphatic heterocycles. The molecule has 0 saturated carbocycles. The fourth-order valence-corrected chi connectivity index (χ4v) is 5.41. The maximum absolute atomic E-state index is 13.5. The second-order valence-corrected chi connectivity index (χ2v) is 10.7. The zero-order chi connectivity index (χ0) is 27.5. The Labute approximate surface area is 201 Å². The molecule has 0 spiro atoms. The highest BCUT2D eigenvalue weighted by Gasteiger charge is 2.70. The summed E-state index contributed by atoms with van der Waals surface area (Å²) in [6, 6.07) is 4.38. The number of imidazole rings is 1. The zero-order valence-corrected chi connectivity index (χ0v) is 20.0. The zero-order valence-electron chi connectivity index (χ0n) is 18.4. The van der Waals surface area contributed by atoms with E-state index < -0.39 is 65.6 Å². The van der Waals surface area contributed by atoms with Crippen LogP contribution in [0.15, 0.2) is 49.1 Å². The van der Waals surface area contributed by atoms with Crippen LogP contribution >= 0.6 is 0 Å². The van der Waals surface area contributed by atoms with Crippen LogP contribution in [0.3, 0.4) is 0 Å². The first kappa shape index (κ1) is 29.1. The highest BCUT2D eigenvalue weighted by Crippen LogP contribution is 2.34. The molecule has 2 rings (SSSR count). The Balaban J connectivity index is 3.05. The Hall–Kier alpha value is -3.15. The Bertz CT molecular complexity index is 1290. The van der Waals surface area contributed by atoms with Crippen LogP contribution in [-0.2, 0) is 48.0 Å². The molecule has 18 heteroatoms. The van der Waals surface area contributed by atoms with Gasteiger partial charge in [-0.1, -0.05) is 30.3 Å². The van der Waals surface area contributed by atoms with E-state index in [1.807, 2.05) is 0 Å². The van der Waals surface area contributed by atoms with E-state index >= 15 is 0 Å². The number of rotatable bonds is 8.